The van der Waals surface area contributed by atoms with E-state index >= 15 is 0 Å². The van der Waals surface area contributed by atoms with E-state index in [0.717, 1.165) is 0 Å². The smallest absolute Gasteiger partial charge is 0 e. The van der Waals surface area contributed by atoms with Crippen molar-refractivity contribution in [2.24, 2.45) is 0 Å². The minimum Gasteiger partial charge on any atom is -0.346 e. The van der Waals surface area contributed by atoms with E-state index in [2.05, 4.69) is 27.7 Å². The minimum atomic E-state index is 0. The maximum Gasteiger partial charge on any atom is 0 e. The molecule has 0 aliphatic rings. The first-order chi connectivity index (χ1) is 4.00. The molecule has 0 rings (SSSR count). The predicted octanol–water partition coefficient (Wildman–Crippen LogP) is 3.36. The summed E-state index contributed by atoms with van der Waals surface area (Å²) in [6.07, 6.45) is 0. The van der Waals surface area contributed by atoms with Gasteiger partial charge in [0.2, 0.25) is 0 Å². The van der Waals surface area contributed by atoms with Gasteiger partial charge in [0.1, 0.15) is 0 Å². The molecule has 0 bridgehead atoms. The summed E-state index contributed by atoms with van der Waals surface area (Å²) < 4.78 is 0. The van der Waals surface area contributed by atoms with Gasteiger partial charge in [0.15, 0.2) is 0 Å². The quantitative estimate of drug-likeness (QED) is 0.395. The fourth-order valence-corrected chi connectivity index (χ4v) is 0. The third-order valence-corrected chi connectivity index (χ3v) is 0. The molecule has 0 N–H and O–H groups in total. The van der Waals surface area contributed by atoms with Gasteiger partial charge < -0.3 is 27.7 Å². The van der Waals surface area contributed by atoms with Gasteiger partial charge in [-0.2, -0.15) is 27.7 Å². The van der Waals surface area contributed by atoms with Crippen molar-refractivity contribution >= 4 is 0 Å². The van der Waals surface area contributed by atoms with Gasteiger partial charge in [-0.3, -0.25) is 0 Å². The van der Waals surface area contributed by atoms with E-state index in [9.17, 15) is 0 Å². The van der Waals surface area contributed by atoms with Crippen LogP contribution in [0.5, 0.6) is 0 Å². The van der Waals surface area contributed by atoms with Crippen LogP contribution in [0.4, 0.5) is 0 Å². The van der Waals surface area contributed by atoms with Crippen LogP contribution in [0.25, 0.3) is 0 Å². The van der Waals surface area contributed by atoms with Gasteiger partial charge in [-0.25, -0.2) is 0 Å². The molecule has 0 unspecified atom stereocenters. The van der Waals surface area contributed by atoms with Crippen LogP contribution >= 0.6 is 0 Å². The third-order valence-electron chi connectivity index (χ3n) is 0. The van der Waals surface area contributed by atoms with Crippen LogP contribution in [0, 0.1) is 27.7 Å². The molecule has 0 saturated heterocycles. The van der Waals surface area contributed by atoms with E-state index in [1.165, 1.54) is 0 Å². The van der Waals surface area contributed by atoms with Crippen molar-refractivity contribution in [3.05, 3.63) is 27.7 Å². The van der Waals surface area contributed by atoms with E-state index in [4.69, 9.17) is 0 Å². The molecule has 9 heavy (non-hydrogen) atoms. The molecule has 0 aliphatic carbocycles. The van der Waals surface area contributed by atoms with Gasteiger partial charge in [-0.05, 0) is 0 Å². The Balaban J connectivity index is -0.00000000762. The summed E-state index contributed by atoms with van der Waals surface area (Å²) in [7, 11) is 0. The summed E-state index contributed by atoms with van der Waals surface area (Å²) in [6.45, 7) is 20.0. The van der Waals surface area contributed by atoms with Crippen molar-refractivity contribution in [2.45, 2.75) is 27.7 Å². The largest absolute Gasteiger partial charge is 0.346 e. The zero-order valence-electron chi connectivity index (χ0n) is 7.13. The Morgan fingerprint density at radius 3 is 0.444 bits per heavy atom. The Morgan fingerprint density at radius 1 is 0.444 bits per heavy atom. The molecule has 0 saturated carbocycles. The molecule has 0 aromatic carbocycles. The zero-order valence-corrected chi connectivity index (χ0v) is 8.07. The second-order valence-electron chi connectivity index (χ2n) is 0. The van der Waals surface area contributed by atoms with Crippen LogP contribution in [-0.2, 0) is 17.1 Å². The van der Waals surface area contributed by atoms with E-state index in [0.29, 0.717) is 0 Å². The maximum absolute atomic E-state index is 3.25. The number of rotatable bonds is 0. The Bertz CT molecular complexity index is 4.53. The summed E-state index contributed by atoms with van der Waals surface area (Å²) in [5.41, 5.74) is 0. The summed E-state index contributed by atoms with van der Waals surface area (Å²) in [5.74, 6) is 0. The standard InChI is InChI=1S/4C2H5.Cu/c4*1-2;/h4*1H2,2H3;/q4*-1;. The van der Waals surface area contributed by atoms with Crippen molar-refractivity contribution in [1.82, 2.24) is 0 Å². The molecule has 0 atom stereocenters. The molecule has 0 heterocycles. The topological polar surface area (TPSA) is 0 Å². The molecule has 0 spiro atoms. The fraction of sp³-hybridized carbons (Fsp3) is 0.500. The van der Waals surface area contributed by atoms with Crippen LogP contribution < -0.4 is 0 Å². The van der Waals surface area contributed by atoms with E-state index in [1.54, 1.807) is 27.7 Å². The molecule has 0 aliphatic heterocycles. The van der Waals surface area contributed by atoms with Crippen molar-refractivity contribution in [3.8, 4) is 0 Å². The van der Waals surface area contributed by atoms with Gasteiger partial charge in [0.05, 0.1) is 0 Å². The molecule has 1 radical (unpaired) electrons. The van der Waals surface area contributed by atoms with E-state index in [-0.39, 0.29) is 17.1 Å². The van der Waals surface area contributed by atoms with Crippen LogP contribution in [0.2, 0.25) is 0 Å². The average Bonchev–Trinajstić information content (AvgIpc) is 2.03. The Kier molecular flexibility index (Phi) is 6710. The second-order valence-corrected chi connectivity index (χ2v) is 0. The van der Waals surface area contributed by atoms with Crippen LogP contribution in [-0.4, -0.2) is 0 Å². The molecule has 67 valence electrons. The second kappa shape index (κ2) is 1790. The van der Waals surface area contributed by atoms with E-state index in [1.807, 2.05) is 0 Å². The summed E-state index contributed by atoms with van der Waals surface area (Å²) >= 11 is 0. The molecular weight excluding hydrogens is 160 g/mol. The van der Waals surface area contributed by atoms with Gasteiger partial charge in [-0.15, -0.1) is 0 Å². The average molecular weight is 180 g/mol. The summed E-state index contributed by atoms with van der Waals surface area (Å²) in [6, 6.07) is 0. The molecule has 1 heteroatoms. The normalized spacial score (nSPS) is 2.67. The Labute approximate surface area is 72.9 Å². The molecule has 0 aromatic heterocycles. The van der Waals surface area contributed by atoms with Crippen molar-refractivity contribution in [3.63, 3.8) is 0 Å². The van der Waals surface area contributed by atoms with Gasteiger partial charge >= 0.3 is 0 Å². The van der Waals surface area contributed by atoms with Crippen molar-refractivity contribution in [1.29, 1.82) is 0 Å². The molecule has 0 fully saturated rings. The van der Waals surface area contributed by atoms with Gasteiger partial charge in [0.25, 0.3) is 0 Å². The van der Waals surface area contributed by atoms with Crippen LogP contribution in [0.1, 0.15) is 27.7 Å². The molecule has 0 aromatic rings. The molecule has 0 nitrogen and oxygen atoms in total. The van der Waals surface area contributed by atoms with Crippen LogP contribution in [0.3, 0.4) is 0 Å². The zero-order chi connectivity index (χ0) is 8.00. The van der Waals surface area contributed by atoms with Crippen molar-refractivity contribution < 1.29 is 17.1 Å². The van der Waals surface area contributed by atoms with Crippen molar-refractivity contribution in [2.75, 3.05) is 0 Å². The first-order valence-corrected chi connectivity index (χ1v) is 2.83. The SMILES string of the molecule is [CH2-]C.[CH2-]C.[CH2-]C.[CH2-]C.[Cu]. The van der Waals surface area contributed by atoms with E-state index < -0.39 is 0 Å². The molecular formula is C8H20Cu-4. The Hall–Kier alpha value is 0.519. The van der Waals surface area contributed by atoms with Gasteiger partial charge in [-0.1, -0.05) is 0 Å². The summed E-state index contributed by atoms with van der Waals surface area (Å²) in [4.78, 5) is 0. The fourth-order valence-electron chi connectivity index (χ4n) is 0. The number of hydrogen-bond acceptors (Lipinski definition) is 0. The van der Waals surface area contributed by atoms with Crippen LogP contribution in [0.15, 0.2) is 0 Å². The first kappa shape index (κ1) is 33.8. The predicted molar refractivity (Wildman–Crippen MR) is 44.1 cm³/mol. The molecule has 0 amide bonds. The van der Waals surface area contributed by atoms with Gasteiger partial charge in [0, 0.05) is 17.1 Å². The maximum atomic E-state index is 3.25. The third kappa shape index (κ3) is 1340. The Morgan fingerprint density at radius 2 is 0.444 bits per heavy atom. The minimum absolute atomic E-state index is 0. The monoisotopic (exact) mass is 179 g/mol. The number of hydrogen-bond donors (Lipinski definition) is 0. The first-order valence-electron chi connectivity index (χ1n) is 2.83. The summed E-state index contributed by atoms with van der Waals surface area (Å²) in [5, 5.41) is 0.